The summed E-state index contributed by atoms with van der Waals surface area (Å²) in [6.45, 7) is 0.920. The van der Waals surface area contributed by atoms with Crippen molar-refractivity contribution in [1.29, 1.82) is 0 Å². The number of nitrogens with zero attached hydrogens (tertiary/aromatic N) is 1. The van der Waals surface area contributed by atoms with E-state index in [9.17, 15) is 0 Å². The fourth-order valence-corrected chi connectivity index (χ4v) is 0.511. The van der Waals surface area contributed by atoms with Gasteiger partial charge in [-0.1, -0.05) is 0 Å². The van der Waals surface area contributed by atoms with Crippen LogP contribution in [0, 0.1) is 0 Å². The standard InChI is InChI=1S/C4H8N2O/c1-7-4-2-3-5-6-4/h5H,2-3H2,1H3. The van der Waals surface area contributed by atoms with E-state index in [-0.39, 0.29) is 0 Å². The molecule has 0 spiro atoms. The van der Waals surface area contributed by atoms with Crippen LogP contribution in [0.1, 0.15) is 6.42 Å². The fraction of sp³-hybridized carbons (Fsp3) is 0.750. The zero-order chi connectivity index (χ0) is 5.11. The molecule has 0 amide bonds. The van der Waals surface area contributed by atoms with Gasteiger partial charge in [0.25, 0.3) is 0 Å². The Morgan fingerprint density at radius 1 is 1.86 bits per heavy atom. The summed E-state index contributed by atoms with van der Waals surface area (Å²) in [4.78, 5) is 0. The number of methoxy groups -OCH3 is 1. The summed E-state index contributed by atoms with van der Waals surface area (Å²) in [5.74, 6) is 0.806. The zero-order valence-corrected chi connectivity index (χ0v) is 4.27. The molecule has 0 aromatic heterocycles. The van der Waals surface area contributed by atoms with Crippen molar-refractivity contribution in [2.24, 2.45) is 5.10 Å². The Labute approximate surface area is 42.4 Å². The van der Waals surface area contributed by atoms with Gasteiger partial charge in [0.1, 0.15) is 0 Å². The van der Waals surface area contributed by atoms with Gasteiger partial charge in [-0.15, -0.1) is 5.10 Å². The summed E-state index contributed by atoms with van der Waals surface area (Å²) in [6.07, 6.45) is 0.927. The highest BCUT2D eigenvalue weighted by Crippen LogP contribution is 1.91. The Morgan fingerprint density at radius 3 is 3.00 bits per heavy atom. The molecule has 0 aliphatic carbocycles. The van der Waals surface area contributed by atoms with E-state index in [1.807, 2.05) is 0 Å². The SMILES string of the molecule is COC1=NNCC1. The van der Waals surface area contributed by atoms with Gasteiger partial charge in [-0.25, -0.2) is 0 Å². The number of nitrogens with one attached hydrogen (secondary N) is 1. The second kappa shape index (κ2) is 1.82. The van der Waals surface area contributed by atoms with Crippen LogP contribution >= 0.6 is 0 Å². The minimum atomic E-state index is 0.806. The lowest BCUT2D eigenvalue weighted by atomic mass is 10.5. The van der Waals surface area contributed by atoms with Crippen molar-refractivity contribution in [1.82, 2.24) is 5.43 Å². The smallest absolute Gasteiger partial charge is 0.207 e. The average molecular weight is 100 g/mol. The number of hydrogen-bond acceptors (Lipinski definition) is 3. The Kier molecular flexibility index (Phi) is 1.15. The van der Waals surface area contributed by atoms with Crippen LogP contribution in [0.2, 0.25) is 0 Å². The van der Waals surface area contributed by atoms with Crippen molar-refractivity contribution in [3.8, 4) is 0 Å². The minimum absolute atomic E-state index is 0.806. The summed E-state index contributed by atoms with van der Waals surface area (Å²) in [7, 11) is 1.63. The molecule has 0 aromatic carbocycles. The first kappa shape index (κ1) is 4.43. The molecule has 3 nitrogen and oxygen atoms in total. The molecule has 1 aliphatic heterocycles. The molecular weight excluding hydrogens is 92.1 g/mol. The Balaban J connectivity index is 2.36. The maximum Gasteiger partial charge on any atom is 0.207 e. The van der Waals surface area contributed by atoms with E-state index >= 15 is 0 Å². The molecule has 0 radical (unpaired) electrons. The molecular formula is C4H8N2O. The van der Waals surface area contributed by atoms with Crippen LogP contribution in [0.4, 0.5) is 0 Å². The first-order valence-corrected chi connectivity index (χ1v) is 2.27. The maximum atomic E-state index is 4.80. The molecule has 3 heteroatoms. The number of hydrazone groups is 1. The first-order valence-electron chi connectivity index (χ1n) is 2.27. The maximum absolute atomic E-state index is 4.80. The quantitative estimate of drug-likeness (QED) is 0.462. The Hall–Kier alpha value is -0.730. The monoisotopic (exact) mass is 100 g/mol. The predicted molar refractivity (Wildman–Crippen MR) is 27.1 cm³/mol. The molecule has 1 rings (SSSR count). The summed E-state index contributed by atoms with van der Waals surface area (Å²) in [5, 5.41) is 3.80. The predicted octanol–water partition coefficient (Wildman–Crippen LogP) is -0.0604. The lowest BCUT2D eigenvalue weighted by molar-refractivity contribution is 0.395. The van der Waals surface area contributed by atoms with E-state index in [1.54, 1.807) is 7.11 Å². The third-order valence-corrected chi connectivity index (χ3v) is 0.890. The van der Waals surface area contributed by atoms with Crippen LogP contribution in [0.5, 0.6) is 0 Å². The van der Waals surface area contributed by atoms with E-state index in [2.05, 4.69) is 10.5 Å². The highest BCUT2D eigenvalue weighted by Gasteiger charge is 2.02. The van der Waals surface area contributed by atoms with Gasteiger partial charge >= 0.3 is 0 Å². The lowest BCUT2D eigenvalue weighted by Crippen LogP contribution is -1.97. The van der Waals surface area contributed by atoms with Crippen molar-refractivity contribution < 1.29 is 4.74 Å². The third-order valence-electron chi connectivity index (χ3n) is 0.890. The van der Waals surface area contributed by atoms with E-state index in [1.165, 1.54) is 0 Å². The van der Waals surface area contributed by atoms with E-state index in [0.29, 0.717) is 0 Å². The van der Waals surface area contributed by atoms with Crippen molar-refractivity contribution in [2.75, 3.05) is 13.7 Å². The van der Waals surface area contributed by atoms with E-state index < -0.39 is 0 Å². The summed E-state index contributed by atoms with van der Waals surface area (Å²) < 4.78 is 4.80. The van der Waals surface area contributed by atoms with Crippen LogP contribution in [-0.4, -0.2) is 19.6 Å². The van der Waals surface area contributed by atoms with Gasteiger partial charge in [0, 0.05) is 13.0 Å². The van der Waals surface area contributed by atoms with Gasteiger partial charge < -0.3 is 10.2 Å². The number of ether oxygens (including phenoxy) is 1. The van der Waals surface area contributed by atoms with E-state index in [0.717, 1.165) is 18.9 Å². The zero-order valence-electron chi connectivity index (χ0n) is 4.27. The van der Waals surface area contributed by atoms with Gasteiger partial charge in [0.05, 0.1) is 7.11 Å². The normalized spacial score (nSPS) is 18.1. The second-order valence-corrected chi connectivity index (χ2v) is 1.37. The molecule has 40 valence electrons. The average Bonchev–Trinajstić information content (AvgIpc) is 2.14. The van der Waals surface area contributed by atoms with E-state index in [4.69, 9.17) is 4.74 Å². The van der Waals surface area contributed by atoms with Gasteiger partial charge in [0.2, 0.25) is 5.90 Å². The van der Waals surface area contributed by atoms with Gasteiger partial charge in [-0.2, -0.15) is 0 Å². The largest absolute Gasteiger partial charge is 0.483 e. The molecule has 0 unspecified atom stereocenters. The number of hydrogen-bond donors (Lipinski definition) is 1. The second-order valence-electron chi connectivity index (χ2n) is 1.37. The Bertz CT molecular complexity index is 89.7. The number of rotatable bonds is 0. The van der Waals surface area contributed by atoms with Crippen LogP contribution in [0.3, 0.4) is 0 Å². The molecule has 1 N–H and O–H groups in total. The molecule has 0 fully saturated rings. The highest BCUT2D eigenvalue weighted by molar-refractivity contribution is 5.77. The van der Waals surface area contributed by atoms with Crippen LogP contribution < -0.4 is 5.43 Å². The van der Waals surface area contributed by atoms with Crippen molar-refractivity contribution in [2.45, 2.75) is 6.42 Å². The first-order chi connectivity index (χ1) is 3.43. The van der Waals surface area contributed by atoms with Crippen LogP contribution in [-0.2, 0) is 4.74 Å². The summed E-state index contributed by atoms with van der Waals surface area (Å²) in [6, 6.07) is 0. The van der Waals surface area contributed by atoms with Crippen LogP contribution in [0.25, 0.3) is 0 Å². The topological polar surface area (TPSA) is 33.6 Å². The summed E-state index contributed by atoms with van der Waals surface area (Å²) >= 11 is 0. The molecule has 0 bridgehead atoms. The van der Waals surface area contributed by atoms with Crippen molar-refractivity contribution >= 4 is 5.90 Å². The highest BCUT2D eigenvalue weighted by atomic mass is 16.5. The van der Waals surface area contributed by atoms with Gasteiger partial charge in [-0.05, 0) is 0 Å². The molecule has 0 saturated heterocycles. The van der Waals surface area contributed by atoms with Crippen LogP contribution in [0.15, 0.2) is 5.10 Å². The third kappa shape index (κ3) is 0.824. The fourth-order valence-electron chi connectivity index (χ4n) is 0.511. The molecule has 0 saturated carbocycles. The summed E-state index contributed by atoms with van der Waals surface area (Å²) in [5.41, 5.74) is 2.79. The lowest BCUT2D eigenvalue weighted by Gasteiger charge is -1.89. The van der Waals surface area contributed by atoms with Gasteiger partial charge in [0.15, 0.2) is 0 Å². The molecule has 0 atom stereocenters. The Morgan fingerprint density at radius 2 is 2.71 bits per heavy atom. The van der Waals surface area contributed by atoms with Crippen molar-refractivity contribution in [3.05, 3.63) is 0 Å². The molecule has 0 aromatic rings. The van der Waals surface area contributed by atoms with Gasteiger partial charge in [-0.3, -0.25) is 0 Å². The van der Waals surface area contributed by atoms with Crippen molar-refractivity contribution in [3.63, 3.8) is 0 Å². The molecule has 1 heterocycles. The minimum Gasteiger partial charge on any atom is -0.483 e. The molecule has 1 aliphatic rings. The molecule has 7 heavy (non-hydrogen) atoms.